The van der Waals surface area contributed by atoms with E-state index in [1.54, 1.807) is 12.2 Å². The zero-order chi connectivity index (χ0) is 53.2. The molecule has 404 valence electrons. The third-order valence-electron chi connectivity index (χ3n) is 12.0. The summed E-state index contributed by atoms with van der Waals surface area (Å²) in [4.78, 5) is 25.0. The molecule has 16 atom stereocenters. The van der Waals surface area contributed by atoms with Crippen molar-refractivity contribution in [1.29, 1.82) is 0 Å². The van der Waals surface area contributed by atoms with E-state index in [2.05, 4.69) is 0 Å². The van der Waals surface area contributed by atoms with Crippen LogP contribution in [0.25, 0.3) is 12.2 Å². The van der Waals surface area contributed by atoms with Gasteiger partial charge in [0.05, 0.1) is 66.7 Å². The lowest BCUT2D eigenvalue weighted by atomic mass is 9.95. The number of allylic oxidation sites excluding steroid dienone is 1. The third-order valence-corrected chi connectivity index (χ3v) is 12.0. The Morgan fingerprint density at radius 1 is 0.569 bits per heavy atom. The molecule has 0 saturated carbocycles. The van der Waals surface area contributed by atoms with Crippen LogP contribution in [0.1, 0.15) is 36.5 Å². The van der Waals surface area contributed by atoms with Crippen molar-refractivity contribution < 1.29 is 128 Å². The van der Waals surface area contributed by atoms with Crippen LogP contribution < -0.4 is 28.4 Å². The number of aliphatic hydroxyl groups is 12. The number of aliphatic hydroxyl groups excluding tert-OH is 12. The van der Waals surface area contributed by atoms with E-state index in [1.807, 2.05) is 0 Å². The first-order valence-electron chi connectivity index (χ1n) is 22.4. The van der Waals surface area contributed by atoms with E-state index >= 15 is 0 Å². The quantitative estimate of drug-likeness (QED) is 0.0477. The molecule has 3 fully saturated rings. The number of rotatable bonds is 23. The van der Waals surface area contributed by atoms with Crippen LogP contribution in [0.4, 0.5) is 0 Å². The van der Waals surface area contributed by atoms with Gasteiger partial charge in [-0.3, -0.25) is 9.59 Å². The third kappa shape index (κ3) is 13.4. The Balaban J connectivity index is 1.44. The minimum atomic E-state index is -1.90. The first-order chi connectivity index (χ1) is 34.2. The Kier molecular flexibility index (Phi) is 20.7. The SMILES string of the molecule is COc1cc(C=CCc2c(C=CCOC(=O)CC(C)(CC(=O)O)OC3OC(CO)C(O)C(O)C3O)cc(OC)c(OC3OC(CO)C(O)C(O)C3O)c2OC)cc(OC)c1OC1OC(CO)C(O)C(O)C1O. The molecule has 16 unspecified atom stereocenters. The molecule has 2 aromatic carbocycles. The minimum absolute atomic E-state index is 0.000762. The van der Waals surface area contributed by atoms with Gasteiger partial charge in [0.1, 0.15) is 79.9 Å². The first-order valence-corrected chi connectivity index (χ1v) is 22.4. The summed E-state index contributed by atoms with van der Waals surface area (Å²) in [5, 5.41) is 132. The first kappa shape index (κ1) is 57.9. The van der Waals surface area contributed by atoms with Gasteiger partial charge in [0.25, 0.3) is 0 Å². The Morgan fingerprint density at radius 2 is 1.03 bits per heavy atom. The second kappa shape index (κ2) is 25.8. The van der Waals surface area contributed by atoms with Crippen molar-refractivity contribution in [3.63, 3.8) is 0 Å². The lowest BCUT2D eigenvalue weighted by molar-refractivity contribution is -0.325. The normalized spacial score (nSPS) is 31.7. The van der Waals surface area contributed by atoms with Gasteiger partial charge < -0.3 is 118 Å². The summed E-state index contributed by atoms with van der Waals surface area (Å²) < 4.78 is 62.1. The van der Waals surface area contributed by atoms with Crippen LogP contribution >= 0.6 is 0 Å². The van der Waals surface area contributed by atoms with Crippen LogP contribution in [0.15, 0.2) is 30.4 Å². The van der Waals surface area contributed by atoms with E-state index in [9.17, 15) is 76.0 Å². The molecule has 0 radical (unpaired) electrons. The molecule has 3 saturated heterocycles. The van der Waals surface area contributed by atoms with Crippen molar-refractivity contribution in [2.45, 2.75) is 124 Å². The maximum absolute atomic E-state index is 13.2. The summed E-state index contributed by atoms with van der Waals surface area (Å²) in [7, 11) is 5.23. The summed E-state index contributed by atoms with van der Waals surface area (Å²) in [6, 6.07) is 4.55. The van der Waals surface area contributed by atoms with Crippen LogP contribution in [-0.2, 0) is 39.7 Å². The molecule has 72 heavy (non-hydrogen) atoms. The lowest BCUT2D eigenvalue weighted by Gasteiger charge is -2.42. The number of aliphatic carboxylic acids is 1. The summed E-state index contributed by atoms with van der Waals surface area (Å²) in [5.41, 5.74) is -0.710. The second-order valence-corrected chi connectivity index (χ2v) is 17.1. The maximum atomic E-state index is 13.2. The van der Waals surface area contributed by atoms with Gasteiger partial charge in [-0.05, 0) is 48.7 Å². The summed E-state index contributed by atoms with van der Waals surface area (Å²) in [6.45, 7) is -1.41. The molecule has 3 aliphatic rings. The standard InChI is InChI=1S/C46H64O26/c1-46(15-29(50)51,72-45-39(61)36(58)33(55)28(19-49)69-45)16-30(52)66-11-7-9-21-14-25(64-4)42(71-44-38(60)35(57)32(54)27(18-48)68-44)40(65-5)22(21)10-6-8-20-12-23(62-2)41(24(13-20)63-3)70-43-37(59)34(56)31(53)26(17-47)67-43/h6-9,12-14,26-28,31-39,43-45,47-49,53-61H,10-11,15-19H2,1-5H3,(H,50,51). The van der Waals surface area contributed by atoms with E-state index in [0.717, 1.165) is 0 Å². The van der Waals surface area contributed by atoms with Crippen molar-refractivity contribution in [1.82, 2.24) is 0 Å². The van der Waals surface area contributed by atoms with E-state index in [-0.39, 0.29) is 40.9 Å². The molecular formula is C46H64O26. The number of carbonyl (C=O) groups excluding carboxylic acids is 1. The smallest absolute Gasteiger partial charge is 0.309 e. The molecule has 0 aliphatic carbocycles. The number of carbonyl (C=O) groups is 2. The van der Waals surface area contributed by atoms with Crippen LogP contribution in [0.3, 0.4) is 0 Å². The average Bonchev–Trinajstić information content (AvgIpc) is 3.35. The molecule has 3 aliphatic heterocycles. The highest BCUT2D eigenvalue weighted by molar-refractivity contribution is 5.74. The molecule has 2 aromatic rings. The number of methoxy groups -OCH3 is 4. The second-order valence-electron chi connectivity index (χ2n) is 17.1. The number of hydrogen-bond acceptors (Lipinski definition) is 25. The number of carboxylic acids is 1. The summed E-state index contributed by atoms with van der Waals surface area (Å²) >= 11 is 0. The molecule has 26 nitrogen and oxygen atoms in total. The zero-order valence-corrected chi connectivity index (χ0v) is 39.8. The lowest BCUT2D eigenvalue weighted by Crippen LogP contribution is -2.60. The predicted molar refractivity (Wildman–Crippen MR) is 241 cm³/mol. The fourth-order valence-electron chi connectivity index (χ4n) is 8.08. The molecule has 13 N–H and O–H groups in total. The Hall–Kier alpha value is -4.98. The monoisotopic (exact) mass is 1030 g/mol. The van der Waals surface area contributed by atoms with Crippen molar-refractivity contribution in [3.05, 3.63) is 47.0 Å². The van der Waals surface area contributed by atoms with Crippen LogP contribution in [-0.4, -0.2) is 231 Å². The van der Waals surface area contributed by atoms with Crippen molar-refractivity contribution in [2.24, 2.45) is 0 Å². The Labute approximate surface area is 411 Å². The van der Waals surface area contributed by atoms with Crippen molar-refractivity contribution >= 4 is 24.1 Å². The van der Waals surface area contributed by atoms with E-state index in [1.165, 1.54) is 65.7 Å². The number of hydrogen-bond donors (Lipinski definition) is 13. The van der Waals surface area contributed by atoms with Gasteiger partial charge in [-0.25, -0.2) is 0 Å². The largest absolute Gasteiger partial charge is 0.493 e. The number of ether oxygens (including phenoxy) is 11. The van der Waals surface area contributed by atoms with Crippen LogP contribution in [0, 0.1) is 0 Å². The Morgan fingerprint density at radius 3 is 1.49 bits per heavy atom. The van der Waals surface area contributed by atoms with Gasteiger partial charge >= 0.3 is 11.9 Å². The Bertz CT molecular complexity index is 2140. The highest BCUT2D eigenvalue weighted by Crippen LogP contribution is 2.45. The van der Waals surface area contributed by atoms with Gasteiger partial charge in [0.15, 0.2) is 29.3 Å². The van der Waals surface area contributed by atoms with E-state index in [4.69, 9.17) is 52.1 Å². The van der Waals surface area contributed by atoms with Gasteiger partial charge in [-0.1, -0.05) is 18.2 Å². The fraction of sp³-hybridized carbons (Fsp3) is 0.609. The average molecular weight is 1030 g/mol. The molecule has 0 amide bonds. The van der Waals surface area contributed by atoms with Crippen LogP contribution in [0.2, 0.25) is 0 Å². The highest BCUT2D eigenvalue weighted by atomic mass is 16.7. The predicted octanol–water partition coefficient (Wildman–Crippen LogP) is -3.67. The van der Waals surface area contributed by atoms with Crippen molar-refractivity contribution in [3.8, 4) is 34.5 Å². The highest BCUT2D eigenvalue weighted by Gasteiger charge is 2.49. The van der Waals surface area contributed by atoms with Gasteiger partial charge in [0, 0.05) is 5.56 Å². The molecule has 0 spiro atoms. The fourth-order valence-corrected chi connectivity index (χ4v) is 8.08. The number of benzene rings is 2. The van der Waals surface area contributed by atoms with Gasteiger partial charge in [-0.15, -0.1) is 0 Å². The molecule has 26 heteroatoms. The van der Waals surface area contributed by atoms with Crippen molar-refractivity contribution in [2.75, 3.05) is 54.9 Å². The van der Waals surface area contributed by atoms with E-state index < -0.39 is 149 Å². The molecular weight excluding hydrogens is 968 g/mol. The molecule has 0 bridgehead atoms. The zero-order valence-electron chi connectivity index (χ0n) is 39.8. The maximum Gasteiger partial charge on any atom is 0.309 e. The van der Waals surface area contributed by atoms with Gasteiger partial charge in [0.2, 0.25) is 24.1 Å². The molecule has 0 aromatic heterocycles. The summed E-state index contributed by atoms with van der Waals surface area (Å²) in [5.74, 6) is -2.44. The van der Waals surface area contributed by atoms with Crippen LogP contribution in [0.5, 0.6) is 34.5 Å². The summed E-state index contributed by atoms with van der Waals surface area (Å²) in [6.07, 6.45) is -20.1. The van der Waals surface area contributed by atoms with E-state index in [0.29, 0.717) is 16.7 Å². The minimum Gasteiger partial charge on any atom is -0.493 e. The van der Waals surface area contributed by atoms with Gasteiger partial charge in [-0.2, -0.15) is 0 Å². The molecule has 5 rings (SSSR count). The number of carboxylic acid groups (broad SMARTS) is 1. The topological polar surface area (TPSA) is 399 Å². The number of esters is 1. The molecule has 3 heterocycles.